The molecule has 1 aromatic carbocycles. The van der Waals surface area contributed by atoms with Crippen molar-refractivity contribution in [3.8, 4) is 11.8 Å². The van der Waals surface area contributed by atoms with Gasteiger partial charge in [-0.05, 0) is 24.6 Å². The summed E-state index contributed by atoms with van der Waals surface area (Å²) in [6, 6.07) is 7.59. The van der Waals surface area contributed by atoms with Crippen LogP contribution in [0.2, 0.25) is 0 Å². The predicted octanol–water partition coefficient (Wildman–Crippen LogP) is 2.45. The molecule has 0 amide bonds. The van der Waals surface area contributed by atoms with E-state index >= 15 is 0 Å². The van der Waals surface area contributed by atoms with Crippen LogP contribution in [0.1, 0.15) is 30.5 Å². The van der Waals surface area contributed by atoms with E-state index in [0.717, 1.165) is 17.7 Å². The van der Waals surface area contributed by atoms with Crippen LogP contribution in [0.4, 0.5) is 0 Å². The fraction of sp³-hybridized carbons (Fsp3) is 0.364. The Morgan fingerprint density at radius 3 is 2.80 bits per heavy atom. The van der Waals surface area contributed by atoms with Crippen LogP contribution in [-0.2, 0) is 0 Å². The number of benzene rings is 1. The van der Waals surface area contributed by atoms with Gasteiger partial charge in [-0.25, -0.2) is 0 Å². The van der Waals surface area contributed by atoms with Crippen molar-refractivity contribution >= 4 is 12.8 Å². The molecule has 1 rings (SSSR count). The number of rotatable bonds is 4. The SMILES string of the molecule is CC[C@H](NS)c1cc(C#N)ccc1OC. The van der Waals surface area contributed by atoms with Gasteiger partial charge in [0.15, 0.2) is 0 Å². The summed E-state index contributed by atoms with van der Waals surface area (Å²) in [4.78, 5) is 0. The number of hydrogen-bond donors (Lipinski definition) is 2. The second-order valence-electron chi connectivity index (χ2n) is 3.16. The molecule has 0 fully saturated rings. The van der Waals surface area contributed by atoms with Crippen LogP contribution in [0.5, 0.6) is 5.75 Å². The molecule has 1 N–H and O–H groups in total. The lowest BCUT2D eigenvalue weighted by molar-refractivity contribution is 0.403. The van der Waals surface area contributed by atoms with Gasteiger partial charge >= 0.3 is 0 Å². The minimum Gasteiger partial charge on any atom is -0.496 e. The first kappa shape index (κ1) is 11.9. The van der Waals surface area contributed by atoms with Crippen LogP contribution in [-0.4, -0.2) is 7.11 Å². The highest BCUT2D eigenvalue weighted by Gasteiger charge is 2.13. The van der Waals surface area contributed by atoms with Gasteiger partial charge in [-0.15, -0.1) is 0 Å². The number of hydrogen-bond acceptors (Lipinski definition) is 4. The van der Waals surface area contributed by atoms with Gasteiger partial charge in [0.2, 0.25) is 0 Å². The van der Waals surface area contributed by atoms with E-state index in [1.54, 1.807) is 13.2 Å². The van der Waals surface area contributed by atoms with Crippen LogP contribution in [0.15, 0.2) is 18.2 Å². The van der Waals surface area contributed by atoms with Crippen LogP contribution in [0.25, 0.3) is 0 Å². The van der Waals surface area contributed by atoms with E-state index < -0.39 is 0 Å². The molecule has 0 aliphatic heterocycles. The Labute approximate surface area is 95.6 Å². The zero-order valence-electron chi connectivity index (χ0n) is 8.82. The van der Waals surface area contributed by atoms with Crippen LogP contribution >= 0.6 is 12.8 Å². The normalized spacial score (nSPS) is 11.9. The molecule has 0 bridgehead atoms. The van der Waals surface area contributed by atoms with Crippen molar-refractivity contribution in [1.29, 1.82) is 5.26 Å². The van der Waals surface area contributed by atoms with Crippen molar-refractivity contribution in [1.82, 2.24) is 4.72 Å². The molecule has 0 aromatic heterocycles. The van der Waals surface area contributed by atoms with Gasteiger partial charge in [0, 0.05) is 11.6 Å². The van der Waals surface area contributed by atoms with E-state index in [9.17, 15) is 0 Å². The van der Waals surface area contributed by atoms with E-state index in [2.05, 4.69) is 23.6 Å². The number of nitriles is 1. The molecule has 80 valence electrons. The second-order valence-corrected chi connectivity index (χ2v) is 3.42. The molecule has 0 radical (unpaired) electrons. The zero-order chi connectivity index (χ0) is 11.3. The average Bonchev–Trinajstić information content (AvgIpc) is 2.30. The Balaban J connectivity index is 3.17. The Hall–Kier alpha value is -1.18. The van der Waals surface area contributed by atoms with Crippen LogP contribution in [0, 0.1) is 11.3 Å². The van der Waals surface area contributed by atoms with Gasteiger partial charge in [0.1, 0.15) is 5.75 Å². The van der Waals surface area contributed by atoms with Gasteiger partial charge in [-0.1, -0.05) is 19.7 Å². The van der Waals surface area contributed by atoms with Crippen molar-refractivity contribution in [2.75, 3.05) is 7.11 Å². The van der Waals surface area contributed by atoms with Crippen LogP contribution < -0.4 is 9.46 Å². The maximum Gasteiger partial charge on any atom is 0.123 e. The van der Waals surface area contributed by atoms with E-state index in [-0.39, 0.29) is 6.04 Å². The average molecular weight is 222 g/mol. The van der Waals surface area contributed by atoms with Crippen molar-refractivity contribution in [2.45, 2.75) is 19.4 Å². The third-order valence-electron chi connectivity index (χ3n) is 2.30. The first-order chi connectivity index (χ1) is 7.26. The Morgan fingerprint density at radius 1 is 1.60 bits per heavy atom. The molecule has 0 spiro atoms. The van der Waals surface area contributed by atoms with Crippen molar-refractivity contribution in [2.24, 2.45) is 0 Å². The summed E-state index contributed by atoms with van der Waals surface area (Å²) in [5.74, 6) is 0.780. The molecule has 1 atom stereocenters. The number of thiol groups is 1. The molecule has 0 aliphatic rings. The summed E-state index contributed by atoms with van der Waals surface area (Å²) in [6.45, 7) is 2.05. The molecule has 0 saturated heterocycles. The monoisotopic (exact) mass is 222 g/mol. The van der Waals surface area contributed by atoms with Crippen LogP contribution in [0.3, 0.4) is 0 Å². The van der Waals surface area contributed by atoms with E-state index in [1.807, 2.05) is 19.1 Å². The van der Waals surface area contributed by atoms with Gasteiger partial charge in [-0.3, -0.25) is 4.72 Å². The lowest BCUT2D eigenvalue weighted by Crippen LogP contribution is -2.11. The quantitative estimate of drug-likeness (QED) is 0.769. The van der Waals surface area contributed by atoms with E-state index in [1.165, 1.54) is 0 Å². The maximum absolute atomic E-state index is 8.82. The fourth-order valence-electron chi connectivity index (χ4n) is 1.46. The van der Waals surface area contributed by atoms with E-state index in [0.29, 0.717) is 5.56 Å². The number of methoxy groups -OCH3 is 1. The molecular formula is C11H14N2OS. The molecule has 3 nitrogen and oxygen atoms in total. The van der Waals surface area contributed by atoms with Gasteiger partial charge in [0.25, 0.3) is 0 Å². The summed E-state index contributed by atoms with van der Waals surface area (Å²) < 4.78 is 8.15. The molecule has 15 heavy (non-hydrogen) atoms. The topological polar surface area (TPSA) is 45.0 Å². The van der Waals surface area contributed by atoms with Crippen molar-refractivity contribution in [3.63, 3.8) is 0 Å². The highest BCUT2D eigenvalue weighted by molar-refractivity contribution is 7.78. The Kier molecular flexibility index (Phi) is 4.47. The first-order valence-electron chi connectivity index (χ1n) is 4.74. The third kappa shape index (κ3) is 2.65. The smallest absolute Gasteiger partial charge is 0.123 e. The largest absolute Gasteiger partial charge is 0.496 e. The molecule has 0 saturated carbocycles. The molecular weight excluding hydrogens is 208 g/mol. The summed E-state index contributed by atoms with van der Waals surface area (Å²) in [7, 11) is 1.62. The van der Waals surface area contributed by atoms with Crippen molar-refractivity contribution < 1.29 is 4.74 Å². The second kappa shape index (κ2) is 5.64. The molecule has 0 heterocycles. The molecule has 4 heteroatoms. The Morgan fingerprint density at radius 2 is 2.33 bits per heavy atom. The number of ether oxygens (including phenoxy) is 1. The third-order valence-corrected chi connectivity index (χ3v) is 2.61. The zero-order valence-corrected chi connectivity index (χ0v) is 9.71. The summed E-state index contributed by atoms with van der Waals surface area (Å²) in [6.07, 6.45) is 0.884. The summed E-state index contributed by atoms with van der Waals surface area (Å²) in [5.41, 5.74) is 1.60. The molecule has 0 aliphatic carbocycles. The maximum atomic E-state index is 8.82. The Bertz CT molecular complexity index is 369. The van der Waals surface area contributed by atoms with Gasteiger partial charge < -0.3 is 4.74 Å². The van der Waals surface area contributed by atoms with Crippen molar-refractivity contribution in [3.05, 3.63) is 29.3 Å². The first-order valence-corrected chi connectivity index (χ1v) is 5.19. The predicted molar refractivity (Wildman–Crippen MR) is 62.9 cm³/mol. The summed E-state index contributed by atoms with van der Waals surface area (Å²) in [5, 5.41) is 8.82. The lowest BCUT2D eigenvalue weighted by atomic mass is 10.0. The lowest BCUT2D eigenvalue weighted by Gasteiger charge is -2.17. The number of nitrogens with zero attached hydrogens (tertiary/aromatic N) is 1. The minimum atomic E-state index is 0.0941. The highest BCUT2D eigenvalue weighted by atomic mass is 32.1. The number of nitrogens with one attached hydrogen (secondary N) is 1. The van der Waals surface area contributed by atoms with E-state index in [4.69, 9.17) is 10.00 Å². The summed E-state index contributed by atoms with van der Waals surface area (Å²) >= 11 is 4.07. The standard InChI is InChI=1S/C11H14N2OS/c1-3-10(13-15)9-6-8(7-12)4-5-11(9)14-2/h4-6,10,13,15H,3H2,1-2H3/t10-/m0/s1. The highest BCUT2D eigenvalue weighted by Crippen LogP contribution is 2.28. The van der Waals surface area contributed by atoms with Gasteiger partial charge in [0.05, 0.1) is 18.7 Å². The molecule has 0 unspecified atom stereocenters. The minimum absolute atomic E-state index is 0.0941. The fourth-order valence-corrected chi connectivity index (χ4v) is 1.78. The van der Waals surface area contributed by atoms with Gasteiger partial charge in [-0.2, -0.15) is 5.26 Å². The molecule has 1 aromatic rings.